The molecule has 2 spiro atoms. The van der Waals surface area contributed by atoms with Gasteiger partial charge in [-0.3, -0.25) is 0 Å². The number of hydrogen-bond acceptors (Lipinski definition) is 2. The van der Waals surface area contributed by atoms with Gasteiger partial charge < -0.3 is 4.90 Å². The highest BCUT2D eigenvalue weighted by Crippen LogP contribution is 2.68. The molecule has 70 heavy (non-hydrogen) atoms. The minimum Gasteiger partial charge on any atom is -0.310 e. The van der Waals surface area contributed by atoms with Crippen molar-refractivity contribution in [3.05, 3.63) is 305 Å². The maximum Gasteiger partial charge on any atom is 0.0720 e. The molecule has 1 nitrogen and oxygen atoms in total. The lowest BCUT2D eigenvalue weighted by Crippen LogP contribution is -2.43. The van der Waals surface area contributed by atoms with Crippen molar-refractivity contribution in [1.82, 2.24) is 0 Å². The van der Waals surface area contributed by atoms with Crippen LogP contribution in [0.15, 0.2) is 261 Å². The maximum absolute atomic E-state index is 2.44. The fourth-order valence-electron chi connectivity index (χ4n) is 13.1. The van der Waals surface area contributed by atoms with Crippen LogP contribution in [0.4, 0.5) is 17.1 Å². The maximum atomic E-state index is 2.44. The van der Waals surface area contributed by atoms with Crippen molar-refractivity contribution in [1.29, 1.82) is 0 Å². The second-order valence-electron chi connectivity index (χ2n) is 19.0. The summed E-state index contributed by atoms with van der Waals surface area (Å²) in [5.41, 5.74) is 23.0. The van der Waals surface area contributed by atoms with E-state index in [-0.39, 0.29) is 0 Å². The quantitative estimate of drug-likeness (QED) is 0.166. The van der Waals surface area contributed by atoms with E-state index in [2.05, 4.69) is 266 Å². The van der Waals surface area contributed by atoms with Gasteiger partial charge in [-0.25, -0.2) is 0 Å². The minimum atomic E-state index is -0.574. The second kappa shape index (κ2) is 15.0. The van der Waals surface area contributed by atoms with Gasteiger partial charge in [0, 0.05) is 37.1 Å². The summed E-state index contributed by atoms with van der Waals surface area (Å²) in [7, 11) is 0. The zero-order chi connectivity index (χ0) is 46.0. The Balaban J connectivity index is 0.938. The number of nitrogens with zero attached hydrogens (tertiary/aromatic N) is 1. The molecule has 2 heteroatoms. The van der Waals surface area contributed by atoms with Gasteiger partial charge in [0.25, 0.3) is 0 Å². The van der Waals surface area contributed by atoms with E-state index in [0.717, 1.165) is 17.1 Å². The lowest BCUT2D eigenvalue weighted by Gasteiger charge is -2.48. The largest absolute Gasteiger partial charge is 0.310 e. The number of thiophene rings is 1. The van der Waals surface area contributed by atoms with Crippen molar-refractivity contribution in [3.63, 3.8) is 0 Å². The summed E-state index contributed by atoms with van der Waals surface area (Å²) in [6.45, 7) is 0. The monoisotopic (exact) mass is 905 g/mol. The smallest absolute Gasteiger partial charge is 0.0720 e. The summed E-state index contributed by atoms with van der Waals surface area (Å²) in [6.07, 6.45) is 0. The van der Waals surface area contributed by atoms with Crippen LogP contribution in [0.3, 0.4) is 0 Å². The second-order valence-corrected chi connectivity index (χ2v) is 20.1. The molecule has 0 aliphatic heterocycles. The van der Waals surface area contributed by atoms with Gasteiger partial charge in [-0.05, 0) is 132 Å². The van der Waals surface area contributed by atoms with E-state index in [1.54, 1.807) is 0 Å². The number of rotatable bonds is 5. The number of benzene rings is 11. The van der Waals surface area contributed by atoms with E-state index in [4.69, 9.17) is 0 Å². The molecule has 0 atom stereocenters. The molecule has 0 saturated carbocycles. The van der Waals surface area contributed by atoms with Crippen LogP contribution in [0, 0.1) is 0 Å². The summed E-state index contributed by atoms with van der Waals surface area (Å²) in [5, 5.41) is 2.63. The van der Waals surface area contributed by atoms with Crippen molar-refractivity contribution < 1.29 is 0 Å². The topological polar surface area (TPSA) is 3.24 Å². The molecule has 326 valence electrons. The van der Waals surface area contributed by atoms with E-state index in [1.165, 1.54) is 109 Å². The lowest BCUT2D eigenvalue weighted by atomic mass is 9.52. The Hall–Kier alpha value is -8.56. The molecule has 0 radical (unpaired) electrons. The van der Waals surface area contributed by atoms with Gasteiger partial charge in [-0.15, -0.1) is 11.3 Å². The first-order chi connectivity index (χ1) is 34.7. The van der Waals surface area contributed by atoms with Crippen LogP contribution < -0.4 is 4.90 Å². The van der Waals surface area contributed by atoms with Crippen molar-refractivity contribution in [2.75, 3.05) is 4.90 Å². The van der Waals surface area contributed by atoms with Crippen LogP contribution in [0.1, 0.15) is 44.5 Å². The normalized spacial score (nSPS) is 13.9. The van der Waals surface area contributed by atoms with Gasteiger partial charge in [0.05, 0.1) is 16.5 Å². The highest BCUT2D eigenvalue weighted by Gasteiger charge is 2.59. The van der Waals surface area contributed by atoms with Gasteiger partial charge in [0.1, 0.15) is 0 Å². The van der Waals surface area contributed by atoms with Gasteiger partial charge in [-0.2, -0.15) is 0 Å². The Labute approximate surface area is 411 Å². The van der Waals surface area contributed by atoms with Crippen LogP contribution in [-0.2, 0) is 10.8 Å². The zero-order valence-corrected chi connectivity index (χ0v) is 39.0. The fraction of sp³-hybridized carbons (Fsp3) is 0.0294. The third kappa shape index (κ3) is 5.21. The predicted molar refractivity (Wildman–Crippen MR) is 293 cm³/mol. The molecule has 0 N–H and O–H groups in total. The number of fused-ring (bicyclic) bond motifs is 19. The van der Waals surface area contributed by atoms with Crippen molar-refractivity contribution in [2.24, 2.45) is 0 Å². The Morgan fingerprint density at radius 3 is 1.37 bits per heavy atom. The van der Waals surface area contributed by atoms with E-state index in [9.17, 15) is 0 Å². The molecule has 1 aromatic heterocycles. The van der Waals surface area contributed by atoms with Crippen LogP contribution in [-0.4, -0.2) is 0 Å². The molecular formula is C68H43NS. The van der Waals surface area contributed by atoms with Crippen LogP contribution in [0.25, 0.3) is 64.7 Å². The average molecular weight is 906 g/mol. The first kappa shape index (κ1) is 39.4. The van der Waals surface area contributed by atoms with Gasteiger partial charge in [0.15, 0.2) is 0 Å². The van der Waals surface area contributed by atoms with E-state index in [0.29, 0.717) is 0 Å². The predicted octanol–water partition coefficient (Wildman–Crippen LogP) is 17.9. The average Bonchev–Trinajstić information content (AvgIpc) is 4.07. The molecule has 3 aliphatic carbocycles. The lowest BCUT2D eigenvalue weighted by molar-refractivity contribution is 0.633. The number of hydrogen-bond donors (Lipinski definition) is 0. The van der Waals surface area contributed by atoms with Gasteiger partial charge >= 0.3 is 0 Å². The first-order valence-electron chi connectivity index (χ1n) is 24.3. The Kier molecular flexibility index (Phi) is 8.43. The molecule has 0 saturated heterocycles. The van der Waals surface area contributed by atoms with E-state index in [1.807, 2.05) is 11.3 Å². The summed E-state index contributed by atoms with van der Waals surface area (Å²) < 4.78 is 2.65. The molecule has 0 fully saturated rings. The fourth-order valence-corrected chi connectivity index (χ4v) is 14.2. The summed E-state index contributed by atoms with van der Waals surface area (Å²) in [5.74, 6) is 0. The Morgan fingerprint density at radius 2 is 0.714 bits per heavy atom. The molecule has 0 amide bonds. The highest BCUT2D eigenvalue weighted by molar-refractivity contribution is 7.25. The Morgan fingerprint density at radius 1 is 0.271 bits per heavy atom. The zero-order valence-electron chi connectivity index (χ0n) is 38.2. The van der Waals surface area contributed by atoms with E-state index >= 15 is 0 Å². The molecule has 1 heterocycles. The van der Waals surface area contributed by atoms with Crippen LogP contribution >= 0.6 is 11.3 Å². The summed E-state index contributed by atoms with van der Waals surface area (Å²) in [6, 6.07) is 98.0. The van der Waals surface area contributed by atoms with Crippen LogP contribution in [0.5, 0.6) is 0 Å². The van der Waals surface area contributed by atoms with E-state index < -0.39 is 10.8 Å². The molecular weight excluding hydrogens is 863 g/mol. The number of anilines is 3. The summed E-state index contributed by atoms with van der Waals surface area (Å²) in [4.78, 5) is 2.44. The third-order valence-electron chi connectivity index (χ3n) is 15.8. The minimum absolute atomic E-state index is 0.482. The van der Waals surface area contributed by atoms with Gasteiger partial charge in [-0.1, -0.05) is 212 Å². The van der Waals surface area contributed by atoms with Crippen molar-refractivity contribution >= 4 is 48.6 Å². The molecule has 0 unspecified atom stereocenters. The first-order valence-corrected chi connectivity index (χ1v) is 25.2. The molecule has 0 bridgehead atoms. The standard InChI is InChI=1S/C68H43NS/c1-2-19-46(20-3-1)69(47-40-37-44(38-41-47)45-39-42-65-54(43-45)51-24-8-17-36-64(51)70-65)63-35-16-7-23-50(63)52-26-18-34-62-66(52)53-25-6-11-29-57(53)68(62)60-32-14-12-30-58(60)67(59-31-13-15-33-61(59)68)55-27-9-4-21-48(55)49-22-5-10-28-56(49)67/h1-43H. The number of para-hydroxylation sites is 2. The molecule has 15 rings (SSSR count). The SMILES string of the molecule is c1ccc(N(c2ccc(-c3ccc4sc5ccccc5c4c3)cc2)c2ccccc2-c2cccc3c2-c2ccccc2C32c3ccccc3C3(c4ccccc4-c4ccccc43)c3ccccc32)cc1. The Bertz CT molecular complexity index is 3990. The highest BCUT2D eigenvalue weighted by atomic mass is 32.1. The van der Waals surface area contributed by atoms with Crippen molar-refractivity contribution in [2.45, 2.75) is 10.8 Å². The summed E-state index contributed by atoms with van der Waals surface area (Å²) >= 11 is 1.86. The van der Waals surface area contributed by atoms with Gasteiger partial charge in [0.2, 0.25) is 0 Å². The van der Waals surface area contributed by atoms with Crippen LogP contribution in [0.2, 0.25) is 0 Å². The van der Waals surface area contributed by atoms with Crippen molar-refractivity contribution in [3.8, 4) is 44.5 Å². The molecule has 11 aromatic carbocycles. The molecule has 12 aromatic rings. The molecule has 3 aliphatic rings. The third-order valence-corrected chi connectivity index (χ3v) is 16.9.